The molecule has 2 aromatic carbocycles. The van der Waals surface area contributed by atoms with E-state index in [1.807, 2.05) is 0 Å². The van der Waals surface area contributed by atoms with Crippen LogP contribution < -0.4 is 14.5 Å². The van der Waals surface area contributed by atoms with Crippen molar-refractivity contribution < 1.29 is 37.0 Å². The highest BCUT2D eigenvalue weighted by atomic mass is 19.4. The molecule has 202 valence electrons. The summed E-state index contributed by atoms with van der Waals surface area (Å²) in [6.07, 6.45) is -4.89. The highest BCUT2D eigenvalue weighted by Crippen LogP contribution is 2.41. The molecule has 5 rings (SSSR count). The largest absolute Gasteiger partial charge is 0.573 e. The molecular formula is C27H23F3N4O5. The molecule has 2 aliphatic heterocycles. The molecule has 2 aliphatic rings. The summed E-state index contributed by atoms with van der Waals surface area (Å²) in [6.45, 7) is 4.27. The van der Waals surface area contributed by atoms with Crippen molar-refractivity contribution in [3.8, 4) is 5.75 Å². The number of Topliss-reactive ketones (excluding diaryl/α,β-unsaturated/α-hetero) is 2. The van der Waals surface area contributed by atoms with E-state index in [4.69, 9.17) is 4.74 Å². The third kappa shape index (κ3) is 5.46. The molecule has 9 nitrogen and oxygen atoms in total. The lowest BCUT2D eigenvalue weighted by Gasteiger charge is -2.29. The summed E-state index contributed by atoms with van der Waals surface area (Å²) in [4.78, 5) is 43.4. The van der Waals surface area contributed by atoms with Gasteiger partial charge in [0.05, 0.1) is 24.9 Å². The molecule has 1 aromatic heterocycles. The quantitative estimate of drug-likeness (QED) is 0.265. The Kier molecular flexibility index (Phi) is 7.04. The summed E-state index contributed by atoms with van der Waals surface area (Å²) in [5, 5.41) is 7.97. The maximum Gasteiger partial charge on any atom is 0.573 e. The van der Waals surface area contributed by atoms with Gasteiger partial charge in [0, 0.05) is 24.3 Å². The van der Waals surface area contributed by atoms with E-state index in [0.717, 1.165) is 22.7 Å². The number of ketones is 2. The Morgan fingerprint density at radius 2 is 1.62 bits per heavy atom. The van der Waals surface area contributed by atoms with E-state index in [0.29, 0.717) is 32.0 Å². The first kappa shape index (κ1) is 26.3. The molecule has 0 N–H and O–H groups in total. The zero-order valence-electron chi connectivity index (χ0n) is 20.7. The number of halogens is 3. The van der Waals surface area contributed by atoms with Crippen LogP contribution in [0.4, 0.5) is 24.7 Å². The summed E-state index contributed by atoms with van der Waals surface area (Å²) in [5.41, 5.74) is 1.93. The lowest BCUT2D eigenvalue weighted by Crippen LogP contribution is -2.36. The number of rotatable bonds is 6. The van der Waals surface area contributed by atoms with Crippen LogP contribution in [0.15, 0.2) is 60.7 Å². The first-order chi connectivity index (χ1) is 18.6. The molecule has 3 aromatic rings. The average Bonchev–Trinajstić information content (AvgIpc) is 3.19. The molecule has 2 unspecified atom stereocenters. The third-order valence-electron chi connectivity index (χ3n) is 6.60. The van der Waals surface area contributed by atoms with Crippen molar-refractivity contribution >= 4 is 29.0 Å². The van der Waals surface area contributed by atoms with E-state index in [9.17, 15) is 27.6 Å². The summed E-state index contributed by atoms with van der Waals surface area (Å²) in [5.74, 6) is -4.39. The molecule has 12 heteroatoms. The predicted molar refractivity (Wildman–Crippen MR) is 132 cm³/mol. The minimum Gasteiger partial charge on any atom is -0.406 e. The normalized spacial score (nSPS) is 19.9. The second-order valence-corrected chi connectivity index (χ2v) is 9.12. The highest BCUT2D eigenvalue weighted by Gasteiger charge is 2.53. The van der Waals surface area contributed by atoms with Gasteiger partial charge >= 0.3 is 6.36 Å². The highest BCUT2D eigenvalue weighted by molar-refractivity contribution is 6.48. The fraction of sp³-hybridized carbons (Fsp3) is 0.296. The number of amides is 1. The van der Waals surface area contributed by atoms with Crippen molar-refractivity contribution in [2.75, 3.05) is 36.1 Å². The number of benzene rings is 2. The van der Waals surface area contributed by atoms with Crippen molar-refractivity contribution in [3.63, 3.8) is 0 Å². The van der Waals surface area contributed by atoms with Crippen molar-refractivity contribution in [2.45, 2.75) is 19.3 Å². The number of aryl methyl sites for hydroxylation is 1. The molecule has 0 bridgehead atoms. The number of hydrogen-bond acceptors (Lipinski definition) is 8. The monoisotopic (exact) mass is 540 g/mol. The number of alkyl halides is 3. The molecule has 0 spiro atoms. The van der Waals surface area contributed by atoms with Gasteiger partial charge in [-0.1, -0.05) is 12.1 Å². The predicted octanol–water partition coefficient (Wildman–Crippen LogP) is 3.68. The minimum absolute atomic E-state index is 0.0394. The minimum atomic E-state index is -4.89. The summed E-state index contributed by atoms with van der Waals surface area (Å²) in [7, 11) is 0. The van der Waals surface area contributed by atoms with Gasteiger partial charge in [0.1, 0.15) is 11.7 Å². The number of carbonyl (C=O) groups is 3. The number of anilines is 2. The van der Waals surface area contributed by atoms with E-state index >= 15 is 0 Å². The van der Waals surface area contributed by atoms with Crippen LogP contribution in [0.25, 0.3) is 0 Å². The first-order valence-electron chi connectivity index (χ1n) is 12.1. The molecule has 1 amide bonds. The van der Waals surface area contributed by atoms with Crippen molar-refractivity contribution in [1.29, 1.82) is 0 Å². The molecule has 0 radical (unpaired) electrons. The van der Waals surface area contributed by atoms with Crippen LogP contribution in [-0.4, -0.2) is 60.3 Å². The van der Waals surface area contributed by atoms with E-state index in [-0.39, 0.29) is 16.9 Å². The summed E-state index contributed by atoms with van der Waals surface area (Å²) < 4.78 is 47.3. The Balaban J connectivity index is 1.51. The molecule has 0 saturated carbocycles. The van der Waals surface area contributed by atoms with Gasteiger partial charge in [0.25, 0.3) is 5.91 Å². The van der Waals surface area contributed by atoms with Gasteiger partial charge in [-0.2, -0.15) is 5.10 Å². The van der Waals surface area contributed by atoms with Crippen LogP contribution >= 0.6 is 0 Å². The Morgan fingerprint density at radius 1 is 0.949 bits per heavy atom. The number of ether oxygens (including phenoxy) is 2. The van der Waals surface area contributed by atoms with Gasteiger partial charge in [-0.15, -0.1) is 18.3 Å². The number of nitrogens with zero attached hydrogens (tertiary/aromatic N) is 4. The number of hydrogen-bond donors (Lipinski definition) is 0. The molecular weight excluding hydrogens is 517 g/mol. The smallest absolute Gasteiger partial charge is 0.406 e. The molecule has 0 aliphatic carbocycles. The average molecular weight is 540 g/mol. The maximum absolute atomic E-state index is 13.7. The van der Waals surface area contributed by atoms with Gasteiger partial charge in [0.2, 0.25) is 5.78 Å². The van der Waals surface area contributed by atoms with Gasteiger partial charge in [-0.3, -0.25) is 19.3 Å². The number of carbonyl (C=O) groups excluding carboxylic acids is 3. The molecule has 2 saturated heterocycles. The van der Waals surface area contributed by atoms with Crippen LogP contribution in [0, 0.1) is 12.8 Å². The topological polar surface area (TPSA) is 102 Å². The number of aromatic nitrogens is 2. The van der Waals surface area contributed by atoms with Gasteiger partial charge in [-0.25, -0.2) is 0 Å². The van der Waals surface area contributed by atoms with Crippen LogP contribution in [0.5, 0.6) is 5.75 Å². The van der Waals surface area contributed by atoms with Crippen LogP contribution in [0.3, 0.4) is 0 Å². The van der Waals surface area contributed by atoms with Crippen molar-refractivity contribution in [2.24, 2.45) is 5.92 Å². The lowest BCUT2D eigenvalue weighted by atomic mass is 9.86. The second kappa shape index (κ2) is 10.4. The maximum atomic E-state index is 13.7. The van der Waals surface area contributed by atoms with E-state index in [1.165, 1.54) is 18.2 Å². The molecule has 3 heterocycles. The lowest BCUT2D eigenvalue weighted by molar-refractivity contribution is -0.274. The summed E-state index contributed by atoms with van der Waals surface area (Å²) in [6, 6.07) is 13.3. The number of morpholine rings is 1. The Labute approximate surface area is 221 Å². The van der Waals surface area contributed by atoms with E-state index < -0.39 is 41.5 Å². The Morgan fingerprint density at radius 3 is 2.21 bits per heavy atom. The fourth-order valence-electron chi connectivity index (χ4n) is 4.75. The SMILES string of the molecule is Cc1ccc(N2C(=O)C(=O)C(C(=O)c3ccc(N4CCOCC4)cc3)C2c2ccc(OC(F)(F)F)cc2)nn1. The fourth-order valence-corrected chi connectivity index (χ4v) is 4.75. The zero-order chi connectivity index (χ0) is 27.7. The van der Waals surface area contributed by atoms with E-state index in [2.05, 4.69) is 19.8 Å². The third-order valence-corrected chi connectivity index (χ3v) is 6.60. The van der Waals surface area contributed by atoms with Crippen molar-refractivity contribution in [3.05, 3.63) is 77.5 Å². The summed E-state index contributed by atoms with van der Waals surface area (Å²) >= 11 is 0. The Bertz CT molecular complexity index is 1370. The van der Waals surface area contributed by atoms with Crippen molar-refractivity contribution in [1.82, 2.24) is 10.2 Å². The van der Waals surface area contributed by atoms with Crippen LogP contribution in [0.1, 0.15) is 27.7 Å². The van der Waals surface area contributed by atoms with E-state index in [1.54, 1.807) is 37.3 Å². The first-order valence-corrected chi connectivity index (χ1v) is 12.1. The van der Waals surface area contributed by atoms with Gasteiger partial charge in [0.15, 0.2) is 11.6 Å². The molecule has 39 heavy (non-hydrogen) atoms. The van der Waals surface area contributed by atoms with Gasteiger partial charge in [-0.05, 0) is 61.0 Å². The van der Waals surface area contributed by atoms with Gasteiger partial charge < -0.3 is 14.4 Å². The second-order valence-electron chi connectivity index (χ2n) is 9.12. The zero-order valence-corrected chi connectivity index (χ0v) is 20.7. The Hall–Kier alpha value is -4.32. The molecule has 2 fully saturated rings. The van der Waals surface area contributed by atoms with Crippen LogP contribution in [-0.2, 0) is 14.3 Å². The van der Waals surface area contributed by atoms with Crippen LogP contribution in [0.2, 0.25) is 0 Å². The standard InChI is InChI=1S/C27H23F3N4O5/c1-16-2-11-21(32-31-16)34-23(17-5-9-20(10-6-17)39-27(28,29)30)22(25(36)26(34)37)24(35)18-3-7-19(8-4-18)33-12-14-38-15-13-33/h2-11,22-23H,12-15H2,1H3. The molecule has 2 atom stereocenters.